The third-order valence-corrected chi connectivity index (χ3v) is 1.55. The summed E-state index contributed by atoms with van der Waals surface area (Å²) in [5, 5.41) is 13.2. The van der Waals surface area contributed by atoms with Crippen molar-refractivity contribution in [2.45, 2.75) is 19.8 Å². The maximum absolute atomic E-state index is 11.3. The summed E-state index contributed by atoms with van der Waals surface area (Å²) in [4.78, 5) is 11.3. The maximum Gasteiger partial charge on any atom is 0.271 e. The van der Waals surface area contributed by atoms with Crippen molar-refractivity contribution in [1.82, 2.24) is 20.7 Å². The molecule has 1 rings (SSSR count). The van der Waals surface area contributed by atoms with Crippen molar-refractivity contribution in [3.8, 4) is 0 Å². The van der Waals surface area contributed by atoms with Crippen LogP contribution in [0, 0.1) is 0 Å². The van der Waals surface area contributed by atoms with Gasteiger partial charge in [-0.1, -0.05) is 13.3 Å². The van der Waals surface area contributed by atoms with Crippen LogP contribution in [0.4, 0.5) is 0 Å². The largest absolute Gasteiger partial charge is 0.351 e. The summed E-state index contributed by atoms with van der Waals surface area (Å²) >= 11 is 0. The zero-order valence-electron chi connectivity index (χ0n) is 7.53. The molecule has 5 nitrogen and oxygen atoms in total. The first-order valence-electron chi connectivity index (χ1n) is 4.27. The van der Waals surface area contributed by atoms with Crippen LogP contribution in [0.5, 0.6) is 0 Å². The van der Waals surface area contributed by atoms with Gasteiger partial charge in [-0.2, -0.15) is 0 Å². The standard InChI is InChI=1S/C8H12N4O/c1-2-3-5-9-8(13)7-4-6-10-12-11-7/h4,6H,2-3,5H2,1H3,(H,9,13). The van der Waals surface area contributed by atoms with E-state index in [1.54, 1.807) is 0 Å². The predicted octanol–water partition coefficient (Wildman–Crippen LogP) is 0.401. The molecule has 0 fully saturated rings. The quantitative estimate of drug-likeness (QED) is 0.681. The van der Waals surface area contributed by atoms with E-state index in [4.69, 9.17) is 0 Å². The van der Waals surface area contributed by atoms with Gasteiger partial charge in [0.05, 0.1) is 6.20 Å². The summed E-state index contributed by atoms with van der Waals surface area (Å²) in [5.74, 6) is -0.191. The average molecular weight is 180 g/mol. The summed E-state index contributed by atoms with van der Waals surface area (Å²) in [6.45, 7) is 2.75. The lowest BCUT2D eigenvalue weighted by atomic mass is 10.3. The molecule has 1 amide bonds. The van der Waals surface area contributed by atoms with Gasteiger partial charge in [0.25, 0.3) is 5.91 Å². The first-order chi connectivity index (χ1) is 6.34. The van der Waals surface area contributed by atoms with Crippen LogP contribution in [0.2, 0.25) is 0 Å². The Hall–Kier alpha value is -1.52. The van der Waals surface area contributed by atoms with E-state index in [0.29, 0.717) is 12.2 Å². The van der Waals surface area contributed by atoms with E-state index >= 15 is 0 Å². The second-order valence-corrected chi connectivity index (χ2v) is 2.62. The van der Waals surface area contributed by atoms with Gasteiger partial charge in [-0.3, -0.25) is 4.79 Å². The van der Waals surface area contributed by atoms with Crippen molar-refractivity contribution < 1.29 is 4.79 Å². The molecule has 70 valence electrons. The van der Waals surface area contributed by atoms with Crippen molar-refractivity contribution >= 4 is 5.91 Å². The Labute approximate surface area is 76.6 Å². The lowest BCUT2D eigenvalue weighted by Crippen LogP contribution is -2.25. The number of aromatic nitrogens is 3. The molecule has 1 aromatic heterocycles. The van der Waals surface area contributed by atoms with E-state index < -0.39 is 0 Å². The Morgan fingerprint density at radius 3 is 3.08 bits per heavy atom. The highest BCUT2D eigenvalue weighted by Gasteiger charge is 2.04. The zero-order valence-corrected chi connectivity index (χ0v) is 7.53. The minimum Gasteiger partial charge on any atom is -0.351 e. The maximum atomic E-state index is 11.3. The predicted molar refractivity (Wildman–Crippen MR) is 47.1 cm³/mol. The molecule has 5 heteroatoms. The Bertz CT molecular complexity index is 262. The molecule has 0 spiro atoms. The molecule has 0 saturated heterocycles. The molecule has 0 aliphatic heterocycles. The number of rotatable bonds is 4. The minimum atomic E-state index is -0.191. The fourth-order valence-corrected chi connectivity index (χ4v) is 0.831. The highest BCUT2D eigenvalue weighted by atomic mass is 16.1. The van der Waals surface area contributed by atoms with E-state index in [-0.39, 0.29) is 5.91 Å². The van der Waals surface area contributed by atoms with Crippen LogP contribution in [-0.4, -0.2) is 27.9 Å². The third-order valence-electron chi connectivity index (χ3n) is 1.55. The van der Waals surface area contributed by atoms with Gasteiger partial charge in [0.15, 0.2) is 5.69 Å². The van der Waals surface area contributed by atoms with Crippen LogP contribution < -0.4 is 5.32 Å². The molecule has 0 aliphatic carbocycles. The highest BCUT2D eigenvalue weighted by Crippen LogP contribution is 1.89. The van der Waals surface area contributed by atoms with Gasteiger partial charge in [-0.05, 0) is 17.7 Å². The lowest BCUT2D eigenvalue weighted by molar-refractivity contribution is 0.0946. The van der Waals surface area contributed by atoms with Gasteiger partial charge in [-0.15, -0.1) is 10.2 Å². The molecule has 0 bridgehead atoms. The topological polar surface area (TPSA) is 67.8 Å². The summed E-state index contributed by atoms with van der Waals surface area (Å²) in [6.07, 6.45) is 3.48. The fraction of sp³-hybridized carbons (Fsp3) is 0.500. The fourth-order valence-electron chi connectivity index (χ4n) is 0.831. The number of carbonyl (C=O) groups excluding carboxylic acids is 1. The summed E-state index contributed by atoms with van der Waals surface area (Å²) in [6, 6.07) is 1.54. The van der Waals surface area contributed by atoms with Crippen LogP contribution in [0.3, 0.4) is 0 Å². The molecule has 0 saturated carbocycles. The molecule has 0 radical (unpaired) electrons. The van der Waals surface area contributed by atoms with Gasteiger partial charge >= 0.3 is 0 Å². The van der Waals surface area contributed by atoms with Crippen molar-refractivity contribution in [3.05, 3.63) is 18.0 Å². The third kappa shape index (κ3) is 3.14. The SMILES string of the molecule is CCCCNC(=O)c1ccnnn1. The Morgan fingerprint density at radius 2 is 2.46 bits per heavy atom. The van der Waals surface area contributed by atoms with E-state index in [0.717, 1.165) is 12.8 Å². The normalized spacial score (nSPS) is 9.62. The Kier molecular flexibility index (Phi) is 3.81. The minimum absolute atomic E-state index is 0.191. The number of nitrogens with zero attached hydrogens (tertiary/aromatic N) is 3. The zero-order chi connectivity index (χ0) is 9.52. The molecule has 0 aliphatic rings. The number of amides is 1. The van der Waals surface area contributed by atoms with Crippen LogP contribution >= 0.6 is 0 Å². The molecular weight excluding hydrogens is 168 g/mol. The highest BCUT2D eigenvalue weighted by molar-refractivity contribution is 5.91. The van der Waals surface area contributed by atoms with Crippen molar-refractivity contribution in [2.75, 3.05) is 6.54 Å². The number of hydrogen-bond acceptors (Lipinski definition) is 4. The van der Waals surface area contributed by atoms with E-state index in [1.807, 2.05) is 0 Å². The summed E-state index contributed by atoms with van der Waals surface area (Å²) in [5.41, 5.74) is 0.311. The van der Waals surface area contributed by atoms with Gasteiger partial charge < -0.3 is 5.32 Å². The van der Waals surface area contributed by atoms with Crippen molar-refractivity contribution in [3.63, 3.8) is 0 Å². The number of nitrogens with one attached hydrogen (secondary N) is 1. The Morgan fingerprint density at radius 1 is 1.62 bits per heavy atom. The van der Waals surface area contributed by atoms with Gasteiger partial charge in [0, 0.05) is 6.54 Å². The molecule has 13 heavy (non-hydrogen) atoms. The number of hydrogen-bond donors (Lipinski definition) is 1. The lowest BCUT2D eigenvalue weighted by Gasteiger charge is -2.01. The van der Waals surface area contributed by atoms with Crippen LogP contribution in [0.1, 0.15) is 30.3 Å². The number of carbonyl (C=O) groups is 1. The molecule has 0 atom stereocenters. The van der Waals surface area contributed by atoms with E-state index in [2.05, 4.69) is 27.7 Å². The second-order valence-electron chi connectivity index (χ2n) is 2.62. The van der Waals surface area contributed by atoms with E-state index in [9.17, 15) is 4.79 Å². The summed E-state index contributed by atoms with van der Waals surface area (Å²) < 4.78 is 0. The van der Waals surface area contributed by atoms with Crippen LogP contribution in [-0.2, 0) is 0 Å². The molecular formula is C8H12N4O. The average Bonchev–Trinajstić information content (AvgIpc) is 2.19. The van der Waals surface area contributed by atoms with Gasteiger partial charge in [0.2, 0.25) is 0 Å². The first kappa shape index (κ1) is 9.57. The molecule has 1 heterocycles. The van der Waals surface area contributed by atoms with Gasteiger partial charge in [-0.25, -0.2) is 0 Å². The van der Waals surface area contributed by atoms with Crippen molar-refractivity contribution in [1.29, 1.82) is 0 Å². The molecule has 1 aromatic rings. The Balaban J connectivity index is 2.40. The number of unbranched alkanes of at least 4 members (excludes halogenated alkanes) is 1. The van der Waals surface area contributed by atoms with Crippen LogP contribution in [0.15, 0.2) is 12.3 Å². The molecule has 0 unspecified atom stereocenters. The first-order valence-corrected chi connectivity index (χ1v) is 4.27. The molecule has 0 aromatic carbocycles. The second kappa shape index (κ2) is 5.18. The summed E-state index contributed by atoms with van der Waals surface area (Å²) in [7, 11) is 0. The van der Waals surface area contributed by atoms with Gasteiger partial charge in [0.1, 0.15) is 0 Å². The van der Waals surface area contributed by atoms with E-state index in [1.165, 1.54) is 12.3 Å². The van der Waals surface area contributed by atoms with Crippen molar-refractivity contribution in [2.24, 2.45) is 0 Å². The van der Waals surface area contributed by atoms with Crippen LogP contribution in [0.25, 0.3) is 0 Å². The monoisotopic (exact) mass is 180 g/mol. The smallest absolute Gasteiger partial charge is 0.271 e. The molecule has 1 N–H and O–H groups in total.